The molecule has 0 unspecified atom stereocenters. The summed E-state index contributed by atoms with van der Waals surface area (Å²) in [6, 6.07) is 6.96. The molecule has 0 aliphatic carbocycles. The van der Waals surface area contributed by atoms with E-state index < -0.39 is 46.2 Å². The standard InChI is InChI=1S/C19H16Cl2F4N2O3/c1-10(2)29-16(15-13(22)7-4-8-14(15)23)27-18(28)26-11-5-3-6-12(9-11)30-19(24,25)17(20)21/h3-10,17H,1-2H3,(H,26,28). The number of hydrogen-bond donors (Lipinski definition) is 1. The van der Waals surface area contributed by atoms with Crippen LogP contribution in [-0.4, -0.2) is 29.0 Å². The number of carbonyl (C=O) groups is 1. The summed E-state index contributed by atoms with van der Waals surface area (Å²) in [6.45, 7) is 3.16. The van der Waals surface area contributed by atoms with Crippen molar-refractivity contribution in [2.45, 2.75) is 30.9 Å². The Labute approximate surface area is 179 Å². The molecule has 0 fully saturated rings. The Morgan fingerprint density at radius 3 is 2.27 bits per heavy atom. The van der Waals surface area contributed by atoms with Gasteiger partial charge in [-0.15, -0.1) is 0 Å². The van der Waals surface area contributed by atoms with Crippen LogP contribution in [-0.2, 0) is 4.74 Å². The fourth-order valence-electron chi connectivity index (χ4n) is 2.15. The first-order valence-corrected chi connectivity index (χ1v) is 9.32. The molecule has 0 heterocycles. The van der Waals surface area contributed by atoms with Crippen LogP contribution in [0.4, 0.5) is 28.0 Å². The summed E-state index contributed by atoms with van der Waals surface area (Å²) >= 11 is 10.3. The molecule has 2 aromatic carbocycles. The van der Waals surface area contributed by atoms with Gasteiger partial charge in [-0.2, -0.15) is 13.8 Å². The second-order valence-corrected chi connectivity index (χ2v) is 7.20. The van der Waals surface area contributed by atoms with E-state index in [2.05, 4.69) is 15.0 Å². The smallest absolute Gasteiger partial charge is 0.428 e. The molecule has 0 saturated carbocycles. The van der Waals surface area contributed by atoms with Crippen LogP contribution in [0, 0.1) is 11.6 Å². The highest BCUT2D eigenvalue weighted by Crippen LogP contribution is 2.31. The molecule has 0 aliphatic heterocycles. The summed E-state index contributed by atoms with van der Waals surface area (Å²) in [7, 11) is 0. The zero-order valence-electron chi connectivity index (χ0n) is 15.6. The number of hydrogen-bond acceptors (Lipinski definition) is 3. The van der Waals surface area contributed by atoms with E-state index in [9.17, 15) is 22.4 Å². The molecule has 0 aromatic heterocycles. The van der Waals surface area contributed by atoms with Gasteiger partial charge in [-0.25, -0.2) is 13.6 Å². The average molecular weight is 467 g/mol. The number of amides is 2. The van der Waals surface area contributed by atoms with Crippen molar-refractivity contribution in [2.75, 3.05) is 5.32 Å². The average Bonchev–Trinajstić information content (AvgIpc) is 2.60. The molecule has 1 N–H and O–H groups in total. The van der Waals surface area contributed by atoms with Crippen molar-refractivity contribution in [1.29, 1.82) is 0 Å². The lowest BCUT2D eigenvalue weighted by Crippen LogP contribution is -2.32. The van der Waals surface area contributed by atoms with Crippen LogP contribution in [0.1, 0.15) is 19.4 Å². The van der Waals surface area contributed by atoms with E-state index in [1.54, 1.807) is 13.8 Å². The highest BCUT2D eigenvalue weighted by Gasteiger charge is 2.40. The minimum atomic E-state index is -3.87. The van der Waals surface area contributed by atoms with E-state index in [-0.39, 0.29) is 11.4 Å². The molecule has 2 rings (SSSR count). The third-order valence-corrected chi connectivity index (χ3v) is 3.83. The first kappa shape index (κ1) is 23.8. The maximum atomic E-state index is 14.1. The van der Waals surface area contributed by atoms with Crippen LogP contribution >= 0.6 is 23.2 Å². The predicted octanol–water partition coefficient (Wildman–Crippen LogP) is 6.14. The summed E-state index contributed by atoms with van der Waals surface area (Å²) in [5.41, 5.74) is -0.607. The van der Waals surface area contributed by atoms with Gasteiger partial charge in [-0.3, -0.25) is 0 Å². The minimum Gasteiger partial charge on any atom is -0.474 e. The molecule has 0 aliphatic rings. The second-order valence-electron chi connectivity index (χ2n) is 6.10. The zero-order chi connectivity index (χ0) is 22.5. The molecule has 11 heteroatoms. The molecule has 0 saturated heterocycles. The summed E-state index contributed by atoms with van der Waals surface area (Å²) in [4.78, 5) is 13.7. The Kier molecular flexibility index (Phi) is 7.91. The van der Waals surface area contributed by atoms with Gasteiger partial charge in [-0.05, 0) is 38.1 Å². The Hall–Kier alpha value is -2.52. The summed E-state index contributed by atoms with van der Waals surface area (Å²) < 4.78 is 64.8. The molecular formula is C19H16Cl2F4N2O3. The number of urea groups is 1. The number of aliphatic imine (C=N–C) groups is 1. The normalized spacial score (nSPS) is 12.3. The minimum absolute atomic E-state index is 0.00986. The first-order valence-electron chi connectivity index (χ1n) is 8.45. The summed E-state index contributed by atoms with van der Waals surface area (Å²) in [6.07, 6.45) is -4.42. The Bertz CT molecular complexity index is 919. The van der Waals surface area contributed by atoms with Crippen molar-refractivity contribution in [3.05, 3.63) is 59.7 Å². The maximum absolute atomic E-state index is 14.1. The predicted molar refractivity (Wildman–Crippen MR) is 106 cm³/mol. The van der Waals surface area contributed by atoms with Gasteiger partial charge in [0.25, 0.3) is 0 Å². The molecule has 30 heavy (non-hydrogen) atoms. The fraction of sp³-hybridized carbons (Fsp3) is 0.263. The largest absolute Gasteiger partial charge is 0.474 e. The molecule has 0 radical (unpaired) electrons. The summed E-state index contributed by atoms with van der Waals surface area (Å²) in [5.74, 6) is -2.87. The van der Waals surface area contributed by atoms with E-state index in [1.807, 2.05) is 0 Å². The van der Waals surface area contributed by atoms with E-state index in [0.29, 0.717) is 0 Å². The molecule has 0 bridgehead atoms. The summed E-state index contributed by atoms with van der Waals surface area (Å²) in [5, 5.41) is 2.27. The monoisotopic (exact) mass is 466 g/mol. The fourth-order valence-corrected chi connectivity index (χ4v) is 2.24. The second kappa shape index (κ2) is 9.99. The maximum Gasteiger partial charge on any atom is 0.428 e. The first-order chi connectivity index (χ1) is 14.0. The molecule has 0 spiro atoms. The topological polar surface area (TPSA) is 59.9 Å². The lowest BCUT2D eigenvalue weighted by atomic mass is 10.2. The number of rotatable bonds is 6. The SMILES string of the molecule is CC(C)OC(=NC(=O)Nc1cccc(OC(F)(F)C(Cl)Cl)c1)c1c(F)cccc1F. The molecular weight excluding hydrogens is 451 g/mol. The molecule has 162 valence electrons. The van der Waals surface area contributed by atoms with Gasteiger partial charge in [-0.1, -0.05) is 35.3 Å². The van der Waals surface area contributed by atoms with Gasteiger partial charge in [0.2, 0.25) is 10.7 Å². The van der Waals surface area contributed by atoms with Crippen molar-refractivity contribution in [2.24, 2.45) is 4.99 Å². The molecule has 2 amide bonds. The van der Waals surface area contributed by atoms with Crippen LogP contribution < -0.4 is 10.1 Å². The Balaban J connectivity index is 2.27. The van der Waals surface area contributed by atoms with Gasteiger partial charge >= 0.3 is 12.1 Å². The lowest BCUT2D eigenvalue weighted by Gasteiger charge is -2.19. The van der Waals surface area contributed by atoms with Crippen molar-refractivity contribution >= 4 is 40.8 Å². The number of benzene rings is 2. The third kappa shape index (κ3) is 6.50. The van der Waals surface area contributed by atoms with Crippen LogP contribution in [0.25, 0.3) is 0 Å². The Morgan fingerprint density at radius 2 is 1.70 bits per heavy atom. The van der Waals surface area contributed by atoms with Crippen LogP contribution in [0.5, 0.6) is 5.75 Å². The third-order valence-electron chi connectivity index (χ3n) is 3.32. The highest BCUT2D eigenvalue weighted by molar-refractivity contribution is 6.44. The van der Waals surface area contributed by atoms with Crippen LogP contribution in [0.2, 0.25) is 0 Å². The Morgan fingerprint density at radius 1 is 1.10 bits per heavy atom. The molecule has 2 aromatic rings. The number of halogens is 6. The highest BCUT2D eigenvalue weighted by atomic mass is 35.5. The van der Waals surface area contributed by atoms with E-state index >= 15 is 0 Å². The van der Waals surface area contributed by atoms with E-state index in [1.165, 1.54) is 18.2 Å². The quantitative estimate of drug-likeness (QED) is 0.240. The zero-order valence-corrected chi connectivity index (χ0v) is 17.1. The van der Waals surface area contributed by atoms with Crippen molar-refractivity contribution in [1.82, 2.24) is 0 Å². The van der Waals surface area contributed by atoms with Crippen molar-refractivity contribution in [3.8, 4) is 5.75 Å². The number of anilines is 1. The van der Waals surface area contributed by atoms with Gasteiger partial charge < -0.3 is 14.8 Å². The number of nitrogens with zero attached hydrogens (tertiary/aromatic N) is 1. The number of alkyl halides is 4. The number of carbonyl (C=O) groups excluding carboxylic acids is 1. The van der Waals surface area contributed by atoms with Crippen LogP contribution in [0.3, 0.4) is 0 Å². The number of ether oxygens (including phenoxy) is 2. The van der Waals surface area contributed by atoms with E-state index in [0.717, 1.165) is 24.3 Å². The molecule has 0 atom stereocenters. The lowest BCUT2D eigenvalue weighted by molar-refractivity contribution is -0.163. The van der Waals surface area contributed by atoms with Crippen molar-refractivity contribution in [3.63, 3.8) is 0 Å². The van der Waals surface area contributed by atoms with Gasteiger partial charge in [0.15, 0.2) is 0 Å². The van der Waals surface area contributed by atoms with Crippen molar-refractivity contribution < 1.29 is 31.8 Å². The van der Waals surface area contributed by atoms with Gasteiger partial charge in [0.05, 0.1) is 6.10 Å². The number of nitrogens with one attached hydrogen (secondary N) is 1. The van der Waals surface area contributed by atoms with Gasteiger partial charge in [0.1, 0.15) is 22.9 Å². The molecule has 5 nitrogen and oxygen atoms in total. The van der Waals surface area contributed by atoms with Crippen LogP contribution in [0.15, 0.2) is 47.5 Å². The van der Waals surface area contributed by atoms with Gasteiger partial charge in [0, 0.05) is 11.8 Å². The van der Waals surface area contributed by atoms with E-state index in [4.69, 9.17) is 27.9 Å².